The molecule has 0 spiro atoms. The number of ether oxygens (including phenoxy) is 1. The number of aryl methyl sites for hydroxylation is 3. The largest absolute Gasteiger partial charge is 0.497 e. The fraction of sp³-hybridized carbons (Fsp3) is 0.154. The number of imide groups is 1. The first-order valence-electron chi connectivity index (χ1n) is 10.2. The van der Waals surface area contributed by atoms with Gasteiger partial charge in [-0.3, -0.25) is 9.59 Å². The molecule has 162 valence electrons. The SMILES string of the molecule is COc1cccc(N2C(=O)C(Nc3ccc(Cl)cc3C)=C(c3ccc(C)c(C)c3)C2=O)c1. The molecular weight excluding hydrogens is 424 g/mol. The number of nitrogens with one attached hydrogen (secondary N) is 1. The first-order chi connectivity index (χ1) is 15.3. The molecule has 3 aromatic rings. The van der Waals surface area contributed by atoms with Gasteiger partial charge in [0.2, 0.25) is 0 Å². The third-order valence-corrected chi connectivity index (χ3v) is 5.87. The normalized spacial score (nSPS) is 13.7. The van der Waals surface area contributed by atoms with Gasteiger partial charge in [-0.25, -0.2) is 4.90 Å². The molecule has 3 aromatic carbocycles. The summed E-state index contributed by atoms with van der Waals surface area (Å²) in [4.78, 5) is 28.3. The Hall–Kier alpha value is -3.57. The van der Waals surface area contributed by atoms with Crippen molar-refractivity contribution in [3.8, 4) is 5.75 Å². The number of halogens is 1. The number of amides is 2. The summed E-state index contributed by atoms with van der Waals surface area (Å²) >= 11 is 6.09. The van der Waals surface area contributed by atoms with Crippen LogP contribution in [0.5, 0.6) is 5.75 Å². The molecule has 4 rings (SSSR count). The highest BCUT2D eigenvalue weighted by Crippen LogP contribution is 2.36. The summed E-state index contributed by atoms with van der Waals surface area (Å²) in [7, 11) is 1.54. The monoisotopic (exact) mass is 446 g/mol. The number of rotatable bonds is 5. The quantitative estimate of drug-likeness (QED) is 0.513. The van der Waals surface area contributed by atoms with Crippen LogP contribution >= 0.6 is 11.6 Å². The van der Waals surface area contributed by atoms with E-state index in [-0.39, 0.29) is 11.6 Å². The summed E-state index contributed by atoms with van der Waals surface area (Å²) in [6, 6.07) is 18.0. The Morgan fingerprint density at radius 3 is 2.31 bits per heavy atom. The van der Waals surface area contributed by atoms with Gasteiger partial charge in [0.1, 0.15) is 11.4 Å². The summed E-state index contributed by atoms with van der Waals surface area (Å²) in [6.07, 6.45) is 0. The van der Waals surface area contributed by atoms with Crippen molar-refractivity contribution in [2.75, 3.05) is 17.3 Å². The molecule has 6 heteroatoms. The standard InChI is InChI=1S/C26H23ClN2O3/c1-15-8-9-18(12-16(15)2)23-24(28-22-11-10-19(27)13-17(22)3)26(31)29(25(23)30)20-6-5-7-21(14-20)32-4/h5-14,28H,1-4H3. The molecule has 0 saturated heterocycles. The van der Waals surface area contributed by atoms with Crippen molar-refractivity contribution in [3.05, 3.63) is 93.6 Å². The third-order valence-electron chi connectivity index (χ3n) is 5.64. The molecule has 0 aliphatic carbocycles. The van der Waals surface area contributed by atoms with Crippen LogP contribution in [0.1, 0.15) is 22.3 Å². The van der Waals surface area contributed by atoms with Gasteiger partial charge in [0.25, 0.3) is 11.8 Å². The van der Waals surface area contributed by atoms with E-state index in [2.05, 4.69) is 5.32 Å². The predicted molar refractivity (Wildman–Crippen MR) is 128 cm³/mol. The maximum Gasteiger partial charge on any atom is 0.282 e. The Morgan fingerprint density at radius 1 is 0.844 bits per heavy atom. The Kier molecular flexibility index (Phi) is 5.76. The first-order valence-corrected chi connectivity index (χ1v) is 10.6. The molecule has 1 aliphatic heterocycles. The van der Waals surface area contributed by atoms with E-state index in [1.165, 1.54) is 4.90 Å². The molecule has 32 heavy (non-hydrogen) atoms. The Balaban J connectivity index is 1.86. The van der Waals surface area contributed by atoms with Crippen LogP contribution in [-0.2, 0) is 9.59 Å². The smallest absolute Gasteiger partial charge is 0.282 e. The van der Waals surface area contributed by atoms with E-state index in [1.54, 1.807) is 49.6 Å². The van der Waals surface area contributed by atoms with Gasteiger partial charge in [-0.15, -0.1) is 0 Å². The van der Waals surface area contributed by atoms with Gasteiger partial charge in [0, 0.05) is 16.8 Å². The average Bonchev–Trinajstić information content (AvgIpc) is 3.01. The third kappa shape index (κ3) is 3.87. The van der Waals surface area contributed by atoms with Crippen molar-refractivity contribution < 1.29 is 14.3 Å². The molecule has 0 bridgehead atoms. The van der Waals surface area contributed by atoms with Crippen molar-refractivity contribution in [3.63, 3.8) is 0 Å². The Morgan fingerprint density at radius 2 is 1.62 bits per heavy atom. The van der Waals surface area contributed by atoms with Crippen LogP contribution in [0.3, 0.4) is 0 Å². The fourth-order valence-corrected chi connectivity index (χ4v) is 3.92. The second-order valence-corrected chi connectivity index (χ2v) is 8.22. The van der Waals surface area contributed by atoms with E-state index in [0.717, 1.165) is 16.7 Å². The van der Waals surface area contributed by atoms with E-state index in [0.29, 0.717) is 33.3 Å². The highest BCUT2D eigenvalue weighted by molar-refractivity contribution is 6.46. The molecule has 1 heterocycles. The van der Waals surface area contributed by atoms with Crippen molar-refractivity contribution in [1.29, 1.82) is 0 Å². The van der Waals surface area contributed by atoms with Gasteiger partial charge in [-0.1, -0.05) is 35.9 Å². The van der Waals surface area contributed by atoms with Crippen molar-refractivity contribution in [2.24, 2.45) is 0 Å². The van der Waals surface area contributed by atoms with Crippen molar-refractivity contribution in [2.45, 2.75) is 20.8 Å². The van der Waals surface area contributed by atoms with Gasteiger partial charge >= 0.3 is 0 Å². The van der Waals surface area contributed by atoms with Crippen LogP contribution in [0.4, 0.5) is 11.4 Å². The van der Waals surface area contributed by atoms with Crippen molar-refractivity contribution in [1.82, 2.24) is 0 Å². The maximum absolute atomic E-state index is 13.6. The second kappa shape index (κ2) is 8.52. The lowest BCUT2D eigenvalue weighted by molar-refractivity contribution is -0.120. The lowest BCUT2D eigenvalue weighted by Gasteiger charge is -2.16. The zero-order valence-corrected chi connectivity index (χ0v) is 19.1. The van der Waals surface area contributed by atoms with Crippen LogP contribution in [0.25, 0.3) is 5.57 Å². The van der Waals surface area contributed by atoms with Gasteiger partial charge in [-0.05, 0) is 73.4 Å². The zero-order chi connectivity index (χ0) is 23.0. The lowest BCUT2D eigenvalue weighted by atomic mass is 9.99. The van der Waals surface area contributed by atoms with Gasteiger partial charge < -0.3 is 10.1 Å². The minimum absolute atomic E-state index is 0.228. The van der Waals surface area contributed by atoms with E-state index in [4.69, 9.17) is 16.3 Å². The molecular formula is C26H23ClN2O3. The fourth-order valence-electron chi connectivity index (χ4n) is 3.70. The molecule has 0 atom stereocenters. The number of anilines is 2. The minimum atomic E-state index is -0.425. The molecule has 1 aliphatic rings. The van der Waals surface area contributed by atoms with E-state index in [9.17, 15) is 9.59 Å². The molecule has 0 aromatic heterocycles. The number of benzene rings is 3. The zero-order valence-electron chi connectivity index (χ0n) is 18.3. The topological polar surface area (TPSA) is 58.6 Å². The maximum atomic E-state index is 13.6. The number of carbonyl (C=O) groups is 2. The molecule has 5 nitrogen and oxygen atoms in total. The van der Waals surface area contributed by atoms with Gasteiger partial charge in [0.05, 0.1) is 18.4 Å². The second-order valence-electron chi connectivity index (χ2n) is 7.78. The summed E-state index contributed by atoms with van der Waals surface area (Å²) in [5.74, 6) is -0.253. The summed E-state index contributed by atoms with van der Waals surface area (Å²) in [5, 5.41) is 3.81. The number of methoxy groups -OCH3 is 1. The molecule has 0 saturated carbocycles. The van der Waals surface area contributed by atoms with Gasteiger partial charge in [0.15, 0.2) is 0 Å². The van der Waals surface area contributed by atoms with E-state index in [1.807, 2.05) is 39.0 Å². The van der Waals surface area contributed by atoms with Crippen LogP contribution < -0.4 is 15.0 Å². The van der Waals surface area contributed by atoms with Crippen LogP contribution in [-0.4, -0.2) is 18.9 Å². The average molecular weight is 447 g/mol. The Bertz CT molecular complexity index is 1280. The first kappa shape index (κ1) is 21.7. The highest BCUT2D eigenvalue weighted by Gasteiger charge is 2.40. The molecule has 0 radical (unpaired) electrons. The Labute approximate surface area is 192 Å². The predicted octanol–water partition coefficient (Wildman–Crippen LogP) is 5.67. The summed E-state index contributed by atoms with van der Waals surface area (Å²) in [5.41, 5.74) is 5.41. The van der Waals surface area contributed by atoms with E-state index < -0.39 is 5.91 Å². The summed E-state index contributed by atoms with van der Waals surface area (Å²) in [6.45, 7) is 5.89. The van der Waals surface area contributed by atoms with E-state index >= 15 is 0 Å². The van der Waals surface area contributed by atoms with Crippen LogP contribution in [0.2, 0.25) is 5.02 Å². The van der Waals surface area contributed by atoms with Crippen LogP contribution in [0.15, 0.2) is 66.4 Å². The molecule has 1 N–H and O–H groups in total. The van der Waals surface area contributed by atoms with Crippen molar-refractivity contribution >= 4 is 40.4 Å². The van der Waals surface area contributed by atoms with Gasteiger partial charge in [-0.2, -0.15) is 0 Å². The summed E-state index contributed by atoms with van der Waals surface area (Å²) < 4.78 is 5.28. The molecule has 0 fully saturated rings. The number of nitrogens with zero attached hydrogens (tertiary/aromatic N) is 1. The molecule has 2 amide bonds. The molecule has 0 unspecified atom stereocenters. The minimum Gasteiger partial charge on any atom is -0.497 e. The highest BCUT2D eigenvalue weighted by atomic mass is 35.5. The number of carbonyl (C=O) groups excluding carboxylic acids is 2. The lowest BCUT2D eigenvalue weighted by Crippen LogP contribution is -2.32. The number of hydrogen-bond acceptors (Lipinski definition) is 4. The van der Waals surface area contributed by atoms with Crippen LogP contribution in [0, 0.1) is 20.8 Å². The number of hydrogen-bond donors (Lipinski definition) is 1.